The van der Waals surface area contributed by atoms with Crippen molar-refractivity contribution in [3.63, 3.8) is 0 Å². The maximum Gasteiger partial charge on any atom is 0.0591 e. The van der Waals surface area contributed by atoms with E-state index in [1.807, 2.05) is 0 Å². The van der Waals surface area contributed by atoms with Gasteiger partial charge >= 0.3 is 0 Å². The zero-order chi connectivity index (χ0) is 8.23. The van der Waals surface area contributed by atoms with Gasteiger partial charge < -0.3 is 15.4 Å². The van der Waals surface area contributed by atoms with E-state index in [9.17, 15) is 0 Å². The van der Waals surface area contributed by atoms with E-state index in [0.717, 1.165) is 38.8 Å². The molecule has 3 nitrogen and oxygen atoms in total. The van der Waals surface area contributed by atoms with Crippen LogP contribution in [0.15, 0.2) is 0 Å². The average Bonchev–Trinajstić information content (AvgIpc) is 2.76. The first kappa shape index (κ1) is 8.48. The fourth-order valence-corrected chi connectivity index (χ4v) is 1.30. The van der Waals surface area contributed by atoms with Crippen molar-refractivity contribution < 1.29 is 4.74 Å². The van der Waals surface area contributed by atoms with Gasteiger partial charge in [-0.05, 0) is 18.8 Å². The van der Waals surface area contributed by atoms with Crippen LogP contribution in [-0.2, 0) is 4.74 Å². The van der Waals surface area contributed by atoms with Crippen molar-refractivity contribution in [1.29, 1.82) is 0 Å². The normalized spacial score (nSPS) is 24.0. The molecule has 70 valence electrons. The Morgan fingerprint density at radius 3 is 2.75 bits per heavy atom. The Morgan fingerprint density at radius 2 is 2.17 bits per heavy atom. The summed E-state index contributed by atoms with van der Waals surface area (Å²) >= 11 is 0. The van der Waals surface area contributed by atoms with Crippen molar-refractivity contribution in [3.05, 3.63) is 0 Å². The summed E-state index contributed by atoms with van der Waals surface area (Å²) in [5, 5.41) is 6.65. The van der Waals surface area contributed by atoms with Crippen LogP contribution in [-0.4, -0.2) is 38.9 Å². The monoisotopic (exact) mass is 170 g/mol. The standard InChI is InChI=1S/C9H18N2O/c1-2-8(1)7-12-4-3-11-9-5-10-6-9/h8-11H,1-7H2. The third-order valence-electron chi connectivity index (χ3n) is 2.51. The lowest BCUT2D eigenvalue weighted by atomic mass is 10.2. The second-order valence-corrected chi connectivity index (χ2v) is 3.83. The summed E-state index contributed by atoms with van der Waals surface area (Å²) in [7, 11) is 0. The van der Waals surface area contributed by atoms with Gasteiger partial charge in [-0.15, -0.1) is 0 Å². The molecule has 0 unspecified atom stereocenters. The van der Waals surface area contributed by atoms with E-state index in [-0.39, 0.29) is 0 Å². The quantitative estimate of drug-likeness (QED) is 0.549. The molecular weight excluding hydrogens is 152 g/mol. The van der Waals surface area contributed by atoms with E-state index < -0.39 is 0 Å². The number of nitrogens with one attached hydrogen (secondary N) is 2. The van der Waals surface area contributed by atoms with Crippen molar-refractivity contribution in [2.45, 2.75) is 18.9 Å². The first-order valence-electron chi connectivity index (χ1n) is 4.97. The number of hydrogen-bond donors (Lipinski definition) is 2. The van der Waals surface area contributed by atoms with Crippen molar-refractivity contribution >= 4 is 0 Å². The van der Waals surface area contributed by atoms with E-state index >= 15 is 0 Å². The zero-order valence-corrected chi connectivity index (χ0v) is 7.51. The fraction of sp³-hybridized carbons (Fsp3) is 1.00. The van der Waals surface area contributed by atoms with Gasteiger partial charge in [0, 0.05) is 32.3 Å². The van der Waals surface area contributed by atoms with Gasteiger partial charge in [0.15, 0.2) is 0 Å². The summed E-state index contributed by atoms with van der Waals surface area (Å²) < 4.78 is 5.49. The lowest BCUT2D eigenvalue weighted by Gasteiger charge is -2.28. The Hall–Kier alpha value is -0.120. The number of rotatable bonds is 6. The molecular formula is C9H18N2O. The van der Waals surface area contributed by atoms with Crippen LogP contribution in [0.3, 0.4) is 0 Å². The minimum absolute atomic E-state index is 0.703. The van der Waals surface area contributed by atoms with Gasteiger partial charge in [0.2, 0.25) is 0 Å². The van der Waals surface area contributed by atoms with Crippen LogP contribution in [0.4, 0.5) is 0 Å². The molecule has 2 aliphatic rings. The minimum Gasteiger partial charge on any atom is -0.380 e. The molecule has 1 aliphatic carbocycles. The molecule has 2 N–H and O–H groups in total. The smallest absolute Gasteiger partial charge is 0.0591 e. The van der Waals surface area contributed by atoms with Crippen molar-refractivity contribution in [3.8, 4) is 0 Å². The van der Waals surface area contributed by atoms with Gasteiger partial charge in [0.25, 0.3) is 0 Å². The Labute approximate surface area is 73.9 Å². The lowest BCUT2D eigenvalue weighted by molar-refractivity contribution is 0.122. The molecule has 0 aromatic carbocycles. The predicted molar refractivity (Wildman–Crippen MR) is 48.2 cm³/mol. The van der Waals surface area contributed by atoms with Crippen LogP contribution < -0.4 is 10.6 Å². The largest absolute Gasteiger partial charge is 0.380 e. The molecule has 3 heteroatoms. The van der Waals surface area contributed by atoms with E-state index in [4.69, 9.17) is 4.74 Å². The SMILES string of the molecule is C(COCC1CC1)NC1CNC1. The second kappa shape index (κ2) is 4.21. The topological polar surface area (TPSA) is 33.3 Å². The van der Waals surface area contributed by atoms with Gasteiger partial charge in [0.05, 0.1) is 6.61 Å². The first-order chi connectivity index (χ1) is 5.95. The summed E-state index contributed by atoms with van der Waals surface area (Å²) in [5.74, 6) is 0.898. The Bertz CT molecular complexity index is 132. The Kier molecular flexibility index (Phi) is 2.98. The highest BCUT2D eigenvalue weighted by molar-refractivity contribution is 4.81. The predicted octanol–water partition coefficient (Wildman–Crippen LogP) is -0.0256. The molecule has 0 spiro atoms. The number of hydrogen-bond acceptors (Lipinski definition) is 3. The van der Waals surface area contributed by atoms with E-state index in [1.54, 1.807) is 0 Å². The highest BCUT2D eigenvalue weighted by Gasteiger charge is 2.21. The third-order valence-corrected chi connectivity index (χ3v) is 2.51. The fourth-order valence-electron chi connectivity index (χ4n) is 1.30. The van der Waals surface area contributed by atoms with Crippen LogP contribution in [0.25, 0.3) is 0 Å². The van der Waals surface area contributed by atoms with Gasteiger partial charge in [-0.1, -0.05) is 0 Å². The summed E-state index contributed by atoms with van der Waals surface area (Å²) in [5.41, 5.74) is 0. The molecule has 2 rings (SSSR count). The summed E-state index contributed by atoms with van der Waals surface area (Å²) in [6.45, 7) is 5.14. The minimum atomic E-state index is 0.703. The van der Waals surface area contributed by atoms with Crippen molar-refractivity contribution in [1.82, 2.24) is 10.6 Å². The highest BCUT2D eigenvalue weighted by atomic mass is 16.5. The first-order valence-corrected chi connectivity index (χ1v) is 4.97. The van der Waals surface area contributed by atoms with E-state index in [1.165, 1.54) is 12.8 Å². The average molecular weight is 170 g/mol. The molecule has 0 aromatic rings. The van der Waals surface area contributed by atoms with Gasteiger partial charge in [-0.3, -0.25) is 0 Å². The third kappa shape index (κ3) is 2.73. The van der Waals surface area contributed by atoms with Gasteiger partial charge in [-0.2, -0.15) is 0 Å². The maximum atomic E-state index is 5.49. The van der Waals surface area contributed by atoms with Crippen molar-refractivity contribution in [2.24, 2.45) is 5.92 Å². The van der Waals surface area contributed by atoms with Crippen LogP contribution in [0.2, 0.25) is 0 Å². The summed E-state index contributed by atoms with van der Waals surface area (Å²) in [6, 6.07) is 0.703. The molecule has 1 saturated heterocycles. The number of ether oxygens (including phenoxy) is 1. The molecule has 1 heterocycles. The molecule has 12 heavy (non-hydrogen) atoms. The van der Waals surface area contributed by atoms with Crippen LogP contribution in [0.1, 0.15) is 12.8 Å². The van der Waals surface area contributed by atoms with Crippen LogP contribution in [0, 0.1) is 5.92 Å². The molecule has 0 aromatic heterocycles. The summed E-state index contributed by atoms with van der Waals surface area (Å²) in [6.07, 6.45) is 2.78. The van der Waals surface area contributed by atoms with Gasteiger partial charge in [-0.25, -0.2) is 0 Å². The van der Waals surface area contributed by atoms with E-state index in [2.05, 4.69) is 10.6 Å². The van der Waals surface area contributed by atoms with Crippen LogP contribution >= 0.6 is 0 Å². The molecule has 1 saturated carbocycles. The van der Waals surface area contributed by atoms with Crippen LogP contribution in [0.5, 0.6) is 0 Å². The molecule has 0 amide bonds. The zero-order valence-electron chi connectivity index (χ0n) is 7.51. The second-order valence-electron chi connectivity index (χ2n) is 3.83. The molecule has 0 bridgehead atoms. The van der Waals surface area contributed by atoms with Gasteiger partial charge in [0.1, 0.15) is 0 Å². The molecule has 2 fully saturated rings. The Morgan fingerprint density at radius 1 is 1.33 bits per heavy atom. The Balaban J connectivity index is 1.35. The molecule has 0 atom stereocenters. The molecule has 1 aliphatic heterocycles. The molecule has 0 radical (unpaired) electrons. The summed E-state index contributed by atoms with van der Waals surface area (Å²) in [4.78, 5) is 0. The lowest BCUT2D eigenvalue weighted by Crippen LogP contribution is -2.55. The maximum absolute atomic E-state index is 5.49. The van der Waals surface area contributed by atoms with E-state index in [0.29, 0.717) is 6.04 Å². The van der Waals surface area contributed by atoms with Crippen molar-refractivity contribution in [2.75, 3.05) is 32.8 Å². The highest BCUT2D eigenvalue weighted by Crippen LogP contribution is 2.28.